The van der Waals surface area contributed by atoms with Gasteiger partial charge in [0.25, 0.3) is 11.8 Å². The van der Waals surface area contributed by atoms with Gasteiger partial charge in [-0.2, -0.15) is 0 Å². The fraction of sp³-hybridized carbons (Fsp3) is 0.250. The van der Waals surface area contributed by atoms with Crippen LogP contribution in [0.1, 0.15) is 15.9 Å². The van der Waals surface area contributed by atoms with Gasteiger partial charge in [-0.15, -0.1) is 0 Å². The van der Waals surface area contributed by atoms with Crippen molar-refractivity contribution in [3.63, 3.8) is 0 Å². The minimum absolute atomic E-state index is 0.168. The van der Waals surface area contributed by atoms with Gasteiger partial charge < -0.3 is 19.9 Å². The number of ether oxygens (including phenoxy) is 1. The number of nitrogens with one attached hydrogen (secondary N) is 3. The minimum Gasteiger partial charge on any atom is -0.497 e. The maximum Gasteiger partial charge on any atom is 0.282 e. The molecule has 1 fully saturated rings. The number of H-pyrrole nitrogens is 1. The molecule has 1 aliphatic rings. The van der Waals surface area contributed by atoms with E-state index < -0.39 is 0 Å². The SMILES string of the molecule is COc1ccc2[nH]cc(/C=C(\NC(=O)c3ccccc3)C(=O)NN3CCN(C)CC3)c2c1. The number of hydrazine groups is 1. The molecule has 0 saturated carbocycles. The van der Waals surface area contributed by atoms with Gasteiger partial charge in [-0.1, -0.05) is 18.2 Å². The summed E-state index contributed by atoms with van der Waals surface area (Å²) in [6.07, 6.45) is 3.49. The molecule has 4 rings (SSSR count). The molecule has 1 saturated heterocycles. The highest BCUT2D eigenvalue weighted by Gasteiger charge is 2.20. The highest BCUT2D eigenvalue weighted by molar-refractivity contribution is 6.06. The number of hydrogen-bond donors (Lipinski definition) is 3. The summed E-state index contributed by atoms with van der Waals surface area (Å²) in [5.41, 5.74) is 5.26. The van der Waals surface area contributed by atoms with E-state index in [0.29, 0.717) is 24.4 Å². The first-order valence-corrected chi connectivity index (χ1v) is 10.5. The molecule has 3 aromatic rings. The van der Waals surface area contributed by atoms with Crippen molar-refractivity contribution in [2.75, 3.05) is 40.3 Å². The van der Waals surface area contributed by atoms with Crippen molar-refractivity contribution in [2.45, 2.75) is 0 Å². The summed E-state index contributed by atoms with van der Waals surface area (Å²) in [5.74, 6) is 0.00221. The van der Waals surface area contributed by atoms with E-state index in [9.17, 15) is 9.59 Å². The number of amides is 2. The van der Waals surface area contributed by atoms with Crippen molar-refractivity contribution < 1.29 is 14.3 Å². The van der Waals surface area contributed by atoms with Gasteiger partial charge >= 0.3 is 0 Å². The van der Waals surface area contributed by atoms with E-state index in [1.807, 2.05) is 35.5 Å². The van der Waals surface area contributed by atoms with Gasteiger partial charge in [0.2, 0.25) is 0 Å². The second-order valence-electron chi connectivity index (χ2n) is 7.76. The van der Waals surface area contributed by atoms with Crippen LogP contribution in [0.5, 0.6) is 5.75 Å². The van der Waals surface area contributed by atoms with Crippen molar-refractivity contribution >= 4 is 28.8 Å². The van der Waals surface area contributed by atoms with Crippen molar-refractivity contribution in [3.8, 4) is 5.75 Å². The Balaban J connectivity index is 1.63. The number of piperazine rings is 1. The average molecular weight is 434 g/mol. The van der Waals surface area contributed by atoms with Gasteiger partial charge in [0.05, 0.1) is 7.11 Å². The summed E-state index contributed by atoms with van der Waals surface area (Å²) in [6.45, 7) is 3.15. The number of fused-ring (bicyclic) bond motifs is 1. The Morgan fingerprint density at radius 2 is 1.81 bits per heavy atom. The molecule has 2 heterocycles. The number of likely N-dealkylation sites (N-methyl/N-ethyl adjacent to an activating group) is 1. The maximum absolute atomic E-state index is 13.2. The van der Waals surface area contributed by atoms with Gasteiger partial charge in [-0.3, -0.25) is 15.0 Å². The molecule has 0 bridgehead atoms. The average Bonchev–Trinajstić information content (AvgIpc) is 3.22. The number of benzene rings is 2. The number of aromatic amines is 1. The number of nitrogens with zero attached hydrogens (tertiary/aromatic N) is 2. The second-order valence-corrected chi connectivity index (χ2v) is 7.76. The Kier molecular flexibility index (Phi) is 6.53. The molecule has 2 aromatic carbocycles. The first-order chi connectivity index (χ1) is 15.5. The van der Waals surface area contributed by atoms with Crippen LogP contribution in [0.2, 0.25) is 0 Å². The molecule has 32 heavy (non-hydrogen) atoms. The van der Waals surface area contributed by atoms with Gasteiger partial charge in [0, 0.05) is 54.4 Å². The van der Waals surface area contributed by atoms with Gasteiger partial charge in [-0.05, 0) is 43.5 Å². The molecule has 2 amide bonds. The first kappa shape index (κ1) is 21.6. The maximum atomic E-state index is 13.2. The van der Waals surface area contributed by atoms with Crippen molar-refractivity contribution in [1.29, 1.82) is 0 Å². The highest BCUT2D eigenvalue weighted by Crippen LogP contribution is 2.25. The topological polar surface area (TPSA) is 89.7 Å². The molecule has 3 N–H and O–H groups in total. The molecule has 0 unspecified atom stereocenters. The van der Waals surface area contributed by atoms with Crippen LogP contribution in [0.4, 0.5) is 0 Å². The van der Waals surface area contributed by atoms with E-state index in [1.54, 1.807) is 37.5 Å². The third kappa shape index (κ3) is 4.99. The number of carbonyl (C=O) groups excluding carboxylic acids is 2. The van der Waals surface area contributed by atoms with Crippen LogP contribution in [-0.4, -0.2) is 67.0 Å². The molecule has 0 aliphatic carbocycles. The third-order valence-corrected chi connectivity index (χ3v) is 5.51. The van der Waals surface area contributed by atoms with Gasteiger partial charge in [0.1, 0.15) is 11.4 Å². The molecule has 166 valence electrons. The molecule has 1 aliphatic heterocycles. The highest BCUT2D eigenvalue weighted by atomic mass is 16.5. The molecular formula is C24H27N5O3. The molecular weight excluding hydrogens is 406 g/mol. The van der Waals surface area contributed by atoms with Crippen LogP contribution in [0.15, 0.2) is 60.4 Å². The largest absolute Gasteiger partial charge is 0.497 e. The van der Waals surface area contributed by atoms with E-state index in [2.05, 4.69) is 27.7 Å². The lowest BCUT2D eigenvalue weighted by Gasteiger charge is -2.32. The van der Waals surface area contributed by atoms with Crippen molar-refractivity contribution in [3.05, 3.63) is 71.6 Å². The molecule has 0 spiro atoms. The Hall–Kier alpha value is -3.62. The Morgan fingerprint density at radius 1 is 1.06 bits per heavy atom. The first-order valence-electron chi connectivity index (χ1n) is 10.5. The monoisotopic (exact) mass is 433 g/mol. The fourth-order valence-electron chi connectivity index (χ4n) is 3.59. The zero-order valence-electron chi connectivity index (χ0n) is 18.2. The zero-order valence-corrected chi connectivity index (χ0v) is 18.2. The van der Waals surface area contributed by atoms with Crippen molar-refractivity contribution in [2.24, 2.45) is 0 Å². The number of rotatable bonds is 6. The summed E-state index contributed by atoms with van der Waals surface area (Å²) in [7, 11) is 3.66. The summed E-state index contributed by atoms with van der Waals surface area (Å²) >= 11 is 0. The number of hydrogen-bond acceptors (Lipinski definition) is 5. The van der Waals surface area contributed by atoms with Gasteiger partial charge in [-0.25, -0.2) is 5.01 Å². The molecule has 1 aromatic heterocycles. The number of carbonyl (C=O) groups is 2. The van der Waals surface area contributed by atoms with E-state index >= 15 is 0 Å². The summed E-state index contributed by atoms with van der Waals surface area (Å²) in [6, 6.07) is 14.5. The molecule has 0 atom stereocenters. The second kappa shape index (κ2) is 9.67. The van der Waals surface area contributed by atoms with E-state index in [1.165, 1.54) is 0 Å². The smallest absolute Gasteiger partial charge is 0.282 e. The van der Waals surface area contributed by atoms with Crippen LogP contribution in [0.3, 0.4) is 0 Å². The standard InChI is InChI=1S/C24H27N5O3/c1-28-10-12-29(13-11-28)27-24(31)22(26-23(30)17-6-4-3-5-7-17)14-18-16-25-21-9-8-19(32-2)15-20(18)21/h3-9,14-16,25H,10-13H2,1-2H3,(H,26,30)(H,27,31)/b22-14-. The summed E-state index contributed by atoms with van der Waals surface area (Å²) in [4.78, 5) is 31.4. The van der Waals surface area contributed by atoms with E-state index in [4.69, 9.17) is 4.74 Å². The lowest BCUT2D eigenvalue weighted by Crippen LogP contribution is -2.53. The molecule has 0 radical (unpaired) electrons. The third-order valence-electron chi connectivity index (χ3n) is 5.51. The normalized spacial score (nSPS) is 15.5. The predicted molar refractivity (Wildman–Crippen MR) is 124 cm³/mol. The zero-order chi connectivity index (χ0) is 22.5. The molecule has 8 heteroatoms. The lowest BCUT2D eigenvalue weighted by molar-refractivity contribution is -0.123. The fourth-order valence-corrected chi connectivity index (χ4v) is 3.59. The lowest BCUT2D eigenvalue weighted by atomic mass is 10.1. The quantitative estimate of drug-likeness (QED) is 0.519. The van der Waals surface area contributed by atoms with Crippen LogP contribution in [-0.2, 0) is 4.79 Å². The Labute approximate surface area is 186 Å². The number of aromatic nitrogens is 1. The minimum atomic E-state index is -0.365. The van der Waals surface area contributed by atoms with Crippen molar-refractivity contribution in [1.82, 2.24) is 25.6 Å². The number of methoxy groups -OCH3 is 1. The van der Waals surface area contributed by atoms with Gasteiger partial charge in [0.15, 0.2) is 0 Å². The van der Waals surface area contributed by atoms with Crippen LogP contribution in [0.25, 0.3) is 17.0 Å². The Bertz CT molecular complexity index is 1130. The van der Waals surface area contributed by atoms with E-state index in [-0.39, 0.29) is 17.5 Å². The van der Waals surface area contributed by atoms with Crippen LogP contribution in [0, 0.1) is 0 Å². The summed E-state index contributed by atoms with van der Waals surface area (Å²) < 4.78 is 5.34. The molecule has 8 nitrogen and oxygen atoms in total. The predicted octanol–water partition coefficient (Wildman–Crippen LogP) is 2.23. The van der Waals surface area contributed by atoms with Crippen LogP contribution >= 0.6 is 0 Å². The van der Waals surface area contributed by atoms with E-state index in [0.717, 1.165) is 29.6 Å². The summed E-state index contributed by atoms with van der Waals surface area (Å²) in [5, 5.41) is 5.56. The Morgan fingerprint density at radius 3 is 2.53 bits per heavy atom. The van der Waals surface area contributed by atoms with Crippen LogP contribution < -0.4 is 15.5 Å².